The zero-order chi connectivity index (χ0) is 13.8. The number of alkyl halides is 1. The van der Waals surface area contributed by atoms with Crippen molar-refractivity contribution in [2.75, 3.05) is 7.05 Å². The third kappa shape index (κ3) is 3.64. The van der Waals surface area contributed by atoms with E-state index in [0.717, 1.165) is 31.2 Å². The summed E-state index contributed by atoms with van der Waals surface area (Å²) < 4.78 is 0. The number of carbonyl (C=O) groups excluding carboxylic acids is 1. The maximum absolute atomic E-state index is 12.3. The van der Waals surface area contributed by atoms with Crippen LogP contribution in [0.15, 0.2) is 24.3 Å². The maximum Gasteiger partial charge on any atom is 0.227 e. The van der Waals surface area contributed by atoms with Crippen LogP contribution in [0.3, 0.4) is 0 Å². The van der Waals surface area contributed by atoms with Gasteiger partial charge in [-0.1, -0.05) is 42.6 Å². The van der Waals surface area contributed by atoms with Gasteiger partial charge in [0.15, 0.2) is 0 Å². The van der Waals surface area contributed by atoms with Gasteiger partial charge in [0.1, 0.15) is 0 Å². The van der Waals surface area contributed by atoms with Gasteiger partial charge in [-0.05, 0) is 24.5 Å². The first kappa shape index (κ1) is 14.7. The second-order valence-corrected chi connectivity index (χ2v) is 6.11. The molecule has 1 aromatic carbocycles. The van der Waals surface area contributed by atoms with Gasteiger partial charge in [0.2, 0.25) is 5.91 Å². The van der Waals surface area contributed by atoms with Gasteiger partial charge in [0.05, 0.1) is 11.8 Å². The van der Waals surface area contributed by atoms with Crippen LogP contribution in [0.5, 0.6) is 0 Å². The monoisotopic (exact) mass is 299 g/mol. The summed E-state index contributed by atoms with van der Waals surface area (Å²) in [5.74, 6) is 0.0886. The van der Waals surface area contributed by atoms with Crippen molar-refractivity contribution >= 4 is 29.1 Å². The Morgan fingerprint density at radius 1 is 1.32 bits per heavy atom. The molecule has 0 N–H and O–H groups in total. The minimum atomic E-state index is 0.0777. The molecule has 0 aliphatic heterocycles. The summed E-state index contributed by atoms with van der Waals surface area (Å²) in [4.78, 5) is 14.1. The van der Waals surface area contributed by atoms with Crippen LogP contribution in [0.2, 0.25) is 5.02 Å². The molecule has 104 valence electrons. The molecule has 1 saturated carbocycles. The molecule has 2 rings (SSSR count). The Morgan fingerprint density at radius 3 is 2.68 bits per heavy atom. The number of halogens is 2. The van der Waals surface area contributed by atoms with Crippen LogP contribution >= 0.6 is 23.2 Å². The van der Waals surface area contributed by atoms with E-state index in [0.29, 0.717) is 11.4 Å². The van der Waals surface area contributed by atoms with Crippen LogP contribution in [0, 0.1) is 0 Å². The molecule has 0 radical (unpaired) electrons. The molecule has 4 heteroatoms. The Labute approximate surface area is 124 Å². The molecular formula is C15H19Cl2NO. The number of likely N-dealkylation sites (N-methyl/N-ethyl adjacent to an activating group) is 1. The SMILES string of the molecule is CN(C(=O)Cc1ccccc1Cl)C1CCCCC1Cl. The van der Waals surface area contributed by atoms with Crippen molar-refractivity contribution in [1.29, 1.82) is 0 Å². The van der Waals surface area contributed by atoms with Crippen molar-refractivity contribution in [3.8, 4) is 0 Å². The fourth-order valence-electron chi connectivity index (χ4n) is 2.62. The van der Waals surface area contributed by atoms with Crippen LogP contribution in [0.25, 0.3) is 0 Å². The van der Waals surface area contributed by atoms with E-state index in [1.807, 2.05) is 31.3 Å². The molecule has 19 heavy (non-hydrogen) atoms. The lowest BCUT2D eigenvalue weighted by Gasteiger charge is -2.35. The number of amides is 1. The highest BCUT2D eigenvalue weighted by Crippen LogP contribution is 2.27. The van der Waals surface area contributed by atoms with Gasteiger partial charge < -0.3 is 4.90 Å². The lowest BCUT2D eigenvalue weighted by atomic mass is 9.93. The van der Waals surface area contributed by atoms with Crippen LogP contribution < -0.4 is 0 Å². The molecular weight excluding hydrogens is 281 g/mol. The van der Waals surface area contributed by atoms with Gasteiger partial charge in [-0.25, -0.2) is 0 Å². The lowest BCUT2D eigenvalue weighted by Crippen LogP contribution is -2.44. The van der Waals surface area contributed by atoms with Crippen LogP contribution in [-0.2, 0) is 11.2 Å². The summed E-state index contributed by atoms with van der Waals surface area (Å²) in [6, 6.07) is 7.64. The van der Waals surface area contributed by atoms with Crippen molar-refractivity contribution in [2.45, 2.75) is 43.5 Å². The number of hydrogen-bond acceptors (Lipinski definition) is 1. The summed E-state index contributed by atoms with van der Waals surface area (Å²) >= 11 is 12.4. The number of benzene rings is 1. The molecule has 1 amide bonds. The van der Waals surface area contributed by atoms with E-state index in [4.69, 9.17) is 23.2 Å². The van der Waals surface area contributed by atoms with E-state index in [1.165, 1.54) is 0 Å². The summed E-state index contributed by atoms with van der Waals surface area (Å²) in [5.41, 5.74) is 0.878. The molecule has 1 aliphatic rings. The first-order valence-corrected chi connectivity index (χ1v) is 7.54. The van der Waals surface area contributed by atoms with Gasteiger partial charge in [0, 0.05) is 18.1 Å². The maximum atomic E-state index is 12.3. The average Bonchev–Trinajstić information content (AvgIpc) is 2.41. The number of carbonyl (C=O) groups is 1. The summed E-state index contributed by atoms with van der Waals surface area (Å²) in [7, 11) is 1.85. The van der Waals surface area contributed by atoms with E-state index < -0.39 is 0 Å². The summed E-state index contributed by atoms with van der Waals surface area (Å²) in [6.45, 7) is 0. The van der Waals surface area contributed by atoms with E-state index >= 15 is 0 Å². The van der Waals surface area contributed by atoms with Gasteiger partial charge in [-0.2, -0.15) is 0 Å². The average molecular weight is 300 g/mol. The lowest BCUT2D eigenvalue weighted by molar-refractivity contribution is -0.131. The normalized spacial score (nSPS) is 23.1. The number of nitrogens with zero attached hydrogens (tertiary/aromatic N) is 1. The molecule has 1 aliphatic carbocycles. The van der Waals surface area contributed by atoms with E-state index in [2.05, 4.69) is 0 Å². The minimum absolute atomic E-state index is 0.0777. The fraction of sp³-hybridized carbons (Fsp3) is 0.533. The molecule has 2 nitrogen and oxygen atoms in total. The predicted molar refractivity (Wildman–Crippen MR) is 79.8 cm³/mol. The Morgan fingerprint density at radius 2 is 2.00 bits per heavy atom. The summed E-state index contributed by atoms with van der Waals surface area (Å²) in [6.07, 6.45) is 4.65. The van der Waals surface area contributed by atoms with Gasteiger partial charge in [0.25, 0.3) is 0 Å². The van der Waals surface area contributed by atoms with Crippen LogP contribution in [0.4, 0.5) is 0 Å². The van der Waals surface area contributed by atoms with E-state index in [-0.39, 0.29) is 17.3 Å². The zero-order valence-corrected chi connectivity index (χ0v) is 12.6. The Bertz CT molecular complexity index is 450. The molecule has 0 bridgehead atoms. The highest BCUT2D eigenvalue weighted by Gasteiger charge is 2.29. The van der Waals surface area contributed by atoms with E-state index in [9.17, 15) is 4.79 Å². The molecule has 2 unspecified atom stereocenters. The van der Waals surface area contributed by atoms with Gasteiger partial charge >= 0.3 is 0 Å². The second kappa shape index (κ2) is 6.62. The van der Waals surface area contributed by atoms with Gasteiger partial charge in [-0.15, -0.1) is 11.6 Å². The van der Waals surface area contributed by atoms with Crippen LogP contribution in [-0.4, -0.2) is 29.3 Å². The first-order valence-electron chi connectivity index (χ1n) is 6.72. The molecule has 0 spiro atoms. The fourth-order valence-corrected chi connectivity index (χ4v) is 3.27. The van der Waals surface area contributed by atoms with Gasteiger partial charge in [-0.3, -0.25) is 4.79 Å². The number of rotatable bonds is 3. The Kier molecular flexibility index (Phi) is 5.12. The highest BCUT2D eigenvalue weighted by molar-refractivity contribution is 6.31. The van der Waals surface area contributed by atoms with Crippen molar-refractivity contribution in [3.63, 3.8) is 0 Å². The highest BCUT2D eigenvalue weighted by atomic mass is 35.5. The van der Waals surface area contributed by atoms with Crippen molar-refractivity contribution in [1.82, 2.24) is 4.90 Å². The first-order chi connectivity index (χ1) is 9.09. The molecule has 0 saturated heterocycles. The van der Waals surface area contributed by atoms with Crippen molar-refractivity contribution < 1.29 is 4.79 Å². The molecule has 1 fully saturated rings. The Hall–Kier alpha value is -0.730. The quantitative estimate of drug-likeness (QED) is 0.776. The minimum Gasteiger partial charge on any atom is -0.341 e. The third-order valence-electron chi connectivity index (χ3n) is 3.84. The largest absolute Gasteiger partial charge is 0.341 e. The standard InChI is InChI=1S/C15H19Cl2NO/c1-18(14-9-5-4-8-13(14)17)15(19)10-11-6-2-3-7-12(11)16/h2-3,6-7,13-14H,4-5,8-10H2,1H3. The van der Waals surface area contributed by atoms with Crippen molar-refractivity contribution in [2.24, 2.45) is 0 Å². The smallest absolute Gasteiger partial charge is 0.227 e. The van der Waals surface area contributed by atoms with E-state index in [1.54, 1.807) is 4.90 Å². The van der Waals surface area contributed by atoms with Crippen molar-refractivity contribution in [3.05, 3.63) is 34.9 Å². The Balaban J connectivity index is 2.01. The topological polar surface area (TPSA) is 20.3 Å². The second-order valence-electron chi connectivity index (χ2n) is 5.14. The van der Waals surface area contributed by atoms with Crippen LogP contribution in [0.1, 0.15) is 31.2 Å². The number of hydrogen-bond donors (Lipinski definition) is 0. The third-order valence-corrected chi connectivity index (χ3v) is 4.72. The molecule has 0 aromatic heterocycles. The summed E-state index contributed by atoms with van der Waals surface area (Å²) in [5, 5.41) is 0.726. The zero-order valence-electron chi connectivity index (χ0n) is 11.1. The predicted octanol–water partition coefficient (Wildman–Crippen LogP) is 3.89. The molecule has 1 aromatic rings. The molecule has 2 atom stereocenters. The molecule has 0 heterocycles.